The molecule has 0 aromatic heterocycles. The van der Waals surface area contributed by atoms with Crippen LogP contribution in [0.2, 0.25) is 5.02 Å². The number of halogens is 1. The summed E-state index contributed by atoms with van der Waals surface area (Å²) in [4.78, 5) is 26.2. The first kappa shape index (κ1) is 18.6. The van der Waals surface area contributed by atoms with E-state index in [4.69, 9.17) is 21.1 Å². The number of nitrogens with zero attached hydrogens (tertiary/aromatic N) is 1. The van der Waals surface area contributed by atoms with Gasteiger partial charge in [-0.3, -0.25) is 9.59 Å². The van der Waals surface area contributed by atoms with Crippen molar-refractivity contribution < 1.29 is 19.1 Å². The molecule has 0 bridgehead atoms. The van der Waals surface area contributed by atoms with Crippen molar-refractivity contribution in [3.8, 4) is 5.75 Å². The van der Waals surface area contributed by atoms with Gasteiger partial charge >= 0.3 is 5.97 Å². The molecule has 6 heteroatoms. The maximum Gasteiger partial charge on any atom is 0.309 e. The van der Waals surface area contributed by atoms with Gasteiger partial charge in [-0.15, -0.1) is 0 Å². The second-order valence-electron chi connectivity index (χ2n) is 5.82. The number of piperidine rings is 1. The molecule has 1 aromatic rings. The Morgan fingerprint density at radius 2 is 2.00 bits per heavy atom. The number of rotatable bonds is 6. The molecule has 1 aliphatic rings. The number of ether oxygens (including phenoxy) is 2. The minimum absolute atomic E-state index is 0.0419. The van der Waals surface area contributed by atoms with Crippen LogP contribution in [0.25, 0.3) is 0 Å². The molecule has 0 radical (unpaired) electrons. The van der Waals surface area contributed by atoms with Crippen LogP contribution >= 0.6 is 11.6 Å². The fourth-order valence-electron chi connectivity index (χ4n) is 2.81. The smallest absolute Gasteiger partial charge is 0.309 e. The SMILES string of the molecule is CCOC(=O)C1CCN(C(=O)C(CC)Oc2cccc(Cl)c2)CC1. The van der Waals surface area contributed by atoms with Crippen LogP contribution in [-0.4, -0.2) is 42.6 Å². The fourth-order valence-corrected chi connectivity index (χ4v) is 2.99. The van der Waals surface area contributed by atoms with E-state index in [1.807, 2.05) is 6.92 Å². The van der Waals surface area contributed by atoms with E-state index in [1.54, 1.807) is 36.1 Å². The molecule has 2 rings (SSSR count). The van der Waals surface area contributed by atoms with Crippen molar-refractivity contribution in [2.24, 2.45) is 5.92 Å². The van der Waals surface area contributed by atoms with E-state index in [9.17, 15) is 9.59 Å². The highest BCUT2D eigenvalue weighted by Crippen LogP contribution is 2.23. The Balaban J connectivity index is 1.91. The van der Waals surface area contributed by atoms with E-state index < -0.39 is 6.10 Å². The number of amides is 1. The lowest BCUT2D eigenvalue weighted by atomic mass is 9.96. The topological polar surface area (TPSA) is 55.8 Å². The summed E-state index contributed by atoms with van der Waals surface area (Å²) in [7, 11) is 0. The Morgan fingerprint density at radius 3 is 2.58 bits per heavy atom. The Labute approximate surface area is 147 Å². The molecule has 0 N–H and O–H groups in total. The van der Waals surface area contributed by atoms with Crippen LogP contribution in [0.4, 0.5) is 0 Å². The summed E-state index contributed by atoms with van der Waals surface area (Å²) in [6.07, 6.45) is 1.31. The zero-order chi connectivity index (χ0) is 17.5. The van der Waals surface area contributed by atoms with Gasteiger partial charge < -0.3 is 14.4 Å². The molecule has 1 amide bonds. The molecular weight excluding hydrogens is 330 g/mol. The monoisotopic (exact) mass is 353 g/mol. The van der Waals surface area contributed by atoms with Crippen LogP contribution in [0.15, 0.2) is 24.3 Å². The Kier molecular flexibility index (Phi) is 6.91. The highest BCUT2D eigenvalue weighted by Gasteiger charge is 2.31. The molecule has 132 valence electrons. The summed E-state index contributed by atoms with van der Waals surface area (Å²) in [5.41, 5.74) is 0. The van der Waals surface area contributed by atoms with E-state index in [0.29, 0.717) is 49.7 Å². The Morgan fingerprint density at radius 1 is 1.29 bits per heavy atom. The molecular formula is C18H24ClNO4. The predicted octanol–water partition coefficient (Wildman–Crippen LogP) is 3.30. The number of esters is 1. The standard InChI is InChI=1S/C18H24ClNO4/c1-3-16(24-15-7-5-6-14(19)12-15)17(21)20-10-8-13(9-11-20)18(22)23-4-2/h5-7,12-13,16H,3-4,8-11H2,1-2H3. The van der Waals surface area contributed by atoms with Gasteiger partial charge in [0.2, 0.25) is 0 Å². The van der Waals surface area contributed by atoms with Crippen molar-refractivity contribution in [1.29, 1.82) is 0 Å². The zero-order valence-corrected chi connectivity index (χ0v) is 14.9. The summed E-state index contributed by atoms with van der Waals surface area (Å²) in [5, 5.41) is 0.574. The molecule has 1 fully saturated rings. The van der Waals surface area contributed by atoms with Gasteiger partial charge in [-0.2, -0.15) is 0 Å². The molecule has 1 saturated heterocycles. The minimum atomic E-state index is -0.539. The lowest BCUT2D eigenvalue weighted by molar-refractivity contribution is -0.152. The fraction of sp³-hybridized carbons (Fsp3) is 0.556. The van der Waals surface area contributed by atoms with Crippen LogP contribution in [0, 0.1) is 5.92 Å². The van der Waals surface area contributed by atoms with E-state index >= 15 is 0 Å². The van der Waals surface area contributed by atoms with Gasteiger partial charge in [-0.25, -0.2) is 0 Å². The van der Waals surface area contributed by atoms with Crippen LogP contribution in [-0.2, 0) is 14.3 Å². The summed E-state index contributed by atoms with van der Waals surface area (Å²) < 4.78 is 10.9. The first-order chi connectivity index (χ1) is 11.5. The van der Waals surface area contributed by atoms with Gasteiger partial charge in [0.05, 0.1) is 12.5 Å². The average Bonchev–Trinajstić information content (AvgIpc) is 2.59. The number of carbonyl (C=O) groups is 2. The van der Waals surface area contributed by atoms with Gasteiger partial charge in [0, 0.05) is 18.1 Å². The molecule has 1 unspecified atom stereocenters. The number of hydrogen-bond donors (Lipinski definition) is 0. The first-order valence-electron chi connectivity index (χ1n) is 8.42. The van der Waals surface area contributed by atoms with Gasteiger partial charge in [-0.1, -0.05) is 24.6 Å². The van der Waals surface area contributed by atoms with Gasteiger partial charge in [0.15, 0.2) is 6.10 Å². The van der Waals surface area contributed by atoms with Crippen LogP contribution < -0.4 is 4.74 Å². The predicted molar refractivity (Wildman–Crippen MR) is 92.1 cm³/mol. The molecule has 0 saturated carbocycles. The lowest BCUT2D eigenvalue weighted by Crippen LogP contribution is -2.46. The van der Waals surface area contributed by atoms with Gasteiger partial charge in [0.1, 0.15) is 5.75 Å². The highest BCUT2D eigenvalue weighted by atomic mass is 35.5. The van der Waals surface area contributed by atoms with E-state index in [0.717, 1.165) is 0 Å². The summed E-state index contributed by atoms with van der Waals surface area (Å²) in [6.45, 7) is 5.22. The zero-order valence-electron chi connectivity index (χ0n) is 14.2. The molecule has 1 aliphatic heterocycles. The van der Waals surface area contributed by atoms with Crippen LogP contribution in [0.5, 0.6) is 5.75 Å². The van der Waals surface area contributed by atoms with Crippen molar-refractivity contribution >= 4 is 23.5 Å². The molecule has 1 atom stereocenters. The second-order valence-corrected chi connectivity index (χ2v) is 6.26. The van der Waals surface area contributed by atoms with Crippen molar-refractivity contribution in [2.75, 3.05) is 19.7 Å². The van der Waals surface area contributed by atoms with E-state index in [-0.39, 0.29) is 17.8 Å². The number of likely N-dealkylation sites (tertiary alicyclic amines) is 1. The maximum atomic E-state index is 12.7. The van der Waals surface area contributed by atoms with Crippen molar-refractivity contribution in [2.45, 2.75) is 39.2 Å². The quantitative estimate of drug-likeness (QED) is 0.736. The third-order valence-corrected chi connectivity index (χ3v) is 4.38. The molecule has 0 aliphatic carbocycles. The number of benzene rings is 1. The normalized spacial score (nSPS) is 16.5. The third-order valence-electron chi connectivity index (χ3n) is 4.15. The van der Waals surface area contributed by atoms with Gasteiger partial charge in [-0.05, 0) is 44.4 Å². The van der Waals surface area contributed by atoms with Crippen molar-refractivity contribution in [3.63, 3.8) is 0 Å². The molecule has 5 nitrogen and oxygen atoms in total. The van der Waals surface area contributed by atoms with E-state index in [2.05, 4.69) is 0 Å². The molecule has 1 heterocycles. The minimum Gasteiger partial charge on any atom is -0.481 e. The number of hydrogen-bond acceptors (Lipinski definition) is 4. The molecule has 1 aromatic carbocycles. The van der Waals surface area contributed by atoms with Crippen molar-refractivity contribution in [3.05, 3.63) is 29.3 Å². The molecule has 24 heavy (non-hydrogen) atoms. The highest BCUT2D eigenvalue weighted by molar-refractivity contribution is 6.30. The summed E-state index contributed by atoms with van der Waals surface area (Å²) in [5.74, 6) is 0.277. The summed E-state index contributed by atoms with van der Waals surface area (Å²) in [6, 6.07) is 7.04. The maximum absolute atomic E-state index is 12.7. The Bertz CT molecular complexity index is 570. The first-order valence-corrected chi connectivity index (χ1v) is 8.80. The lowest BCUT2D eigenvalue weighted by Gasteiger charge is -2.33. The van der Waals surface area contributed by atoms with Crippen molar-refractivity contribution in [1.82, 2.24) is 4.90 Å². The third kappa shape index (κ3) is 4.87. The van der Waals surface area contributed by atoms with Crippen LogP contribution in [0.1, 0.15) is 33.1 Å². The van der Waals surface area contributed by atoms with E-state index in [1.165, 1.54) is 0 Å². The second kappa shape index (κ2) is 8.92. The largest absolute Gasteiger partial charge is 0.481 e. The van der Waals surface area contributed by atoms with Gasteiger partial charge in [0.25, 0.3) is 5.91 Å². The molecule has 0 spiro atoms. The average molecular weight is 354 g/mol. The van der Waals surface area contributed by atoms with Crippen LogP contribution in [0.3, 0.4) is 0 Å². The summed E-state index contributed by atoms with van der Waals surface area (Å²) >= 11 is 5.95. The number of carbonyl (C=O) groups excluding carboxylic acids is 2. The Hall–Kier alpha value is -1.75.